The van der Waals surface area contributed by atoms with Crippen molar-refractivity contribution in [3.63, 3.8) is 0 Å². The summed E-state index contributed by atoms with van der Waals surface area (Å²) in [6, 6.07) is 7.75. The van der Waals surface area contributed by atoms with Crippen LogP contribution in [0.4, 0.5) is 5.69 Å². The number of aliphatic hydroxyl groups is 2. The maximum absolute atomic E-state index is 11.7. The summed E-state index contributed by atoms with van der Waals surface area (Å²) in [5.74, 6) is -0.354. The van der Waals surface area contributed by atoms with Gasteiger partial charge in [0.15, 0.2) is 0 Å². The largest absolute Gasteiger partial charge is 0.394 e. The van der Waals surface area contributed by atoms with Gasteiger partial charge in [0.1, 0.15) is 0 Å². The van der Waals surface area contributed by atoms with Crippen LogP contribution in [-0.2, 0) is 4.79 Å². The number of benzene rings is 1. The molecule has 5 nitrogen and oxygen atoms in total. The number of nitrogens with one attached hydrogen (secondary N) is 1. The van der Waals surface area contributed by atoms with E-state index in [0.29, 0.717) is 0 Å². The molecule has 0 bridgehead atoms. The minimum absolute atomic E-state index is 0.319. The lowest BCUT2D eigenvalue weighted by Gasteiger charge is -2.25. The molecule has 0 heterocycles. The molecular formula is C15H22N2O3. The zero-order valence-electron chi connectivity index (χ0n) is 12.1. The Hall–Kier alpha value is -1.85. The van der Waals surface area contributed by atoms with Crippen molar-refractivity contribution in [2.24, 2.45) is 0 Å². The monoisotopic (exact) mass is 278 g/mol. The van der Waals surface area contributed by atoms with E-state index >= 15 is 0 Å². The van der Waals surface area contributed by atoms with E-state index in [0.717, 1.165) is 11.3 Å². The molecule has 3 N–H and O–H groups in total. The number of rotatable bonds is 6. The number of aliphatic hydroxyl groups excluding tert-OH is 2. The van der Waals surface area contributed by atoms with Crippen LogP contribution < -0.4 is 10.2 Å². The third-order valence-corrected chi connectivity index (χ3v) is 2.96. The molecule has 1 aromatic carbocycles. The highest BCUT2D eigenvalue weighted by Crippen LogP contribution is 2.13. The Bertz CT molecular complexity index is 463. The van der Waals surface area contributed by atoms with Crippen LogP contribution in [0.3, 0.4) is 0 Å². The molecule has 0 fully saturated rings. The number of hydrogen-bond donors (Lipinski definition) is 3. The van der Waals surface area contributed by atoms with Crippen LogP contribution in [0.15, 0.2) is 30.3 Å². The van der Waals surface area contributed by atoms with Crippen molar-refractivity contribution < 1.29 is 15.0 Å². The van der Waals surface area contributed by atoms with Gasteiger partial charge >= 0.3 is 0 Å². The highest BCUT2D eigenvalue weighted by Gasteiger charge is 2.23. The standard InChI is InChI=1S/C15H22N2O3/c1-15(10-18,11-19)16-14(20)9-6-12-4-7-13(8-5-12)17(2)3/h4-9,18-19H,10-11H2,1-3H3,(H,16,20)/b9-6+. The van der Waals surface area contributed by atoms with Gasteiger partial charge in [0.25, 0.3) is 0 Å². The van der Waals surface area contributed by atoms with Crippen LogP contribution in [0, 0.1) is 0 Å². The summed E-state index contributed by atoms with van der Waals surface area (Å²) in [7, 11) is 3.92. The van der Waals surface area contributed by atoms with Gasteiger partial charge in [-0.25, -0.2) is 0 Å². The maximum atomic E-state index is 11.7. The van der Waals surface area contributed by atoms with Gasteiger partial charge in [-0.05, 0) is 30.7 Å². The number of carbonyl (C=O) groups is 1. The van der Waals surface area contributed by atoms with Gasteiger partial charge in [-0.1, -0.05) is 12.1 Å². The predicted octanol–water partition coefficient (Wildman–Crippen LogP) is 0.625. The Morgan fingerprint density at radius 3 is 2.25 bits per heavy atom. The van der Waals surface area contributed by atoms with Gasteiger partial charge < -0.3 is 20.4 Å². The van der Waals surface area contributed by atoms with Gasteiger partial charge in [-0.2, -0.15) is 0 Å². The Morgan fingerprint density at radius 1 is 1.25 bits per heavy atom. The van der Waals surface area contributed by atoms with E-state index in [2.05, 4.69) is 5.32 Å². The molecule has 1 amide bonds. The third-order valence-electron chi connectivity index (χ3n) is 2.96. The van der Waals surface area contributed by atoms with Crippen LogP contribution in [0.2, 0.25) is 0 Å². The lowest BCUT2D eigenvalue weighted by Crippen LogP contribution is -2.51. The molecule has 0 unspecified atom stereocenters. The van der Waals surface area contributed by atoms with Crippen molar-refractivity contribution >= 4 is 17.7 Å². The Kier molecular flexibility index (Phi) is 5.73. The maximum Gasteiger partial charge on any atom is 0.244 e. The number of anilines is 1. The van der Waals surface area contributed by atoms with Gasteiger partial charge in [0, 0.05) is 25.9 Å². The molecule has 1 aromatic rings. The van der Waals surface area contributed by atoms with E-state index in [1.165, 1.54) is 6.08 Å². The predicted molar refractivity (Wildman–Crippen MR) is 80.5 cm³/mol. The zero-order chi connectivity index (χ0) is 15.2. The fourth-order valence-electron chi connectivity index (χ4n) is 1.52. The summed E-state index contributed by atoms with van der Waals surface area (Å²) in [6.07, 6.45) is 3.07. The first-order valence-electron chi connectivity index (χ1n) is 6.39. The molecule has 1 rings (SSSR count). The van der Waals surface area contributed by atoms with Gasteiger partial charge in [-0.3, -0.25) is 4.79 Å². The van der Waals surface area contributed by atoms with E-state index in [9.17, 15) is 4.79 Å². The van der Waals surface area contributed by atoms with Crippen LogP contribution in [-0.4, -0.2) is 49.0 Å². The zero-order valence-corrected chi connectivity index (χ0v) is 12.1. The van der Waals surface area contributed by atoms with E-state index in [1.54, 1.807) is 13.0 Å². The molecule has 0 aliphatic heterocycles. The molecule has 0 aliphatic rings. The lowest BCUT2D eigenvalue weighted by atomic mass is 10.1. The highest BCUT2D eigenvalue weighted by molar-refractivity contribution is 5.92. The quantitative estimate of drug-likeness (QED) is 0.667. The molecule has 5 heteroatoms. The molecule has 0 atom stereocenters. The van der Waals surface area contributed by atoms with E-state index in [-0.39, 0.29) is 19.1 Å². The smallest absolute Gasteiger partial charge is 0.244 e. The van der Waals surface area contributed by atoms with Crippen molar-refractivity contribution in [1.82, 2.24) is 5.32 Å². The summed E-state index contributed by atoms with van der Waals surface area (Å²) >= 11 is 0. The van der Waals surface area contributed by atoms with E-state index < -0.39 is 5.54 Å². The van der Waals surface area contributed by atoms with Crippen LogP contribution >= 0.6 is 0 Å². The van der Waals surface area contributed by atoms with Crippen molar-refractivity contribution in [3.05, 3.63) is 35.9 Å². The van der Waals surface area contributed by atoms with Crippen molar-refractivity contribution in [2.45, 2.75) is 12.5 Å². The molecule has 0 aliphatic carbocycles. The second-order valence-electron chi connectivity index (χ2n) is 5.19. The fourth-order valence-corrected chi connectivity index (χ4v) is 1.52. The normalized spacial score (nSPS) is 11.7. The highest BCUT2D eigenvalue weighted by atomic mass is 16.3. The summed E-state index contributed by atoms with van der Waals surface area (Å²) in [6.45, 7) is 0.936. The summed E-state index contributed by atoms with van der Waals surface area (Å²) in [4.78, 5) is 13.7. The van der Waals surface area contributed by atoms with Crippen molar-refractivity contribution in [1.29, 1.82) is 0 Å². The molecule has 0 radical (unpaired) electrons. The summed E-state index contributed by atoms with van der Waals surface area (Å²) in [5, 5.41) is 20.8. The minimum Gasteiger partial charge on any atom is -0.394 e. The van der Waals surface area contributed by atoms with E-state index in [1.807, 2.05) is 43.3 Å². The molecular weight excluding hydrogens is 256 g/mol. The summed E-state index contributed by atoms with van der Waals surface area (Å²) in [5.41, 5.74) is 0.983. The molecule has 0 aromatic heterocycles. The lowest BCUT2D eigenvalue weighted by molar-refractivity contribution is -0.119. The number of amides is 1. The first-order valence-corrected chi connectivity index (χ1v) is 6.39. The topological polar surface area (TPSA) is 72.8 Å². The molecule has 110 valence electrons. The van der Waals surface area contributed by atoms with Gasteiger partial charge in [0.05, 0.1) is 18.8 Å². The van der Waals surface area contributed by atoms with Crippen LogP contribution in [0.5, 0.6) is 0 Å². The minimum atomic E-state index is -1.00. The average molecular weight is 278 g/mol. The fraction of sp³-hybridized carbons (Fsp3) is 0.400. The third kappa shape index (κ3) is 4.68. The molecule has 0 spiro atoms. The number of nitrogens with zero attached hydrogens (tertiary/aromatic N) is 1. The molecule has 0 saturated heterocycles. The van der Waals surface area contributed by atoms with Gasteiger partial charge in [-0.15, -0.1) is 0 Å². The second kappa shape index (κ2) is 7.07. The van der Waals surface area contributed by atoms with E-state index in [4.69, 9.17) is 10.2 Å². The Balaban J connectivity index is 2.65. The molecule has 20 heavy (non-hydrogen) atoms. The first-order chi connectivity index (χ1) is 9.40. The van der Waals surface area contributed by atoms with Crippen LogP contribution in [0.1, 0.15) is 12.5 Å². The molecule has 0 saturated carbocycles. The van der Waals surface area contributed by atoms with Gasteiger partial charge in [0.2, 0.25) is 5.91 Å². The first kappa shape index (κ1) is 16.2. The summed E-state index contributed by atoms with van der Waals surface area (Å²) < 4.78 is 0. The van der Waals surface area contributed by atoms with Crippen molar-refractivity contribution in [3.8, 4) is 0 Å². The Morgan fingerprint density at radius 2 is 1.80 bits per heavy atom. The SMILES string of the molecule is CN(C)c1ccc(/C=C/C(=O)NC(C)(CO)CO)cc1. The Labute approximate surface area is 119 Å². The van der Waals surface area contributed by atoms with Crippen LogP contribution in [0.25, 0.3) is 6.08 Å². The average Bonchev–Trinajstić information content (AvgIpc) is 2.45. The van der Waals surface area contributed by atoms with Crippen molar-refractivity contribution in [2.75, 3.05) is 32.2 Å². The number of hydrogen-bond acceptors (Lipinski definition) is 4. The number of carbonyl (C=O) groups excluding carboxylic acids is 1. The second-order valence-corrected chi connectivity index (χ2v) is 5.19.